The van der Waals surface area contributed by atoms with Crippen molar-refractivity contribution in [2.75, 3.05) is 24.5 Å². The lowest BCUT2D eigenvalue weighted by Crippen LogP contribution is -2.35. The minimum atomic E-state index is -0.319. The summed E-state index contributed by atoms with van der Waals surface area (Å²) in [4.78, 5) is 23.0. The summed E-state index contributed by atoms with van der Waals surface area (Å²) in [6.07, 6.45) is 2.17. The molecule has 2 heterocycles. The van der Waals surface area contributed by atoms with Crippen LogP contribution in [0.2, 0.25) is 5.02 Å². The standard InChI is InChI=1S/C18H21ClN4O2/c1-3-23(4-2)18-21-11-14(19)16(22-18)17(24)20-10-13-9-12-7-5-6-8-15(12)25-13/h5-8,11,13H,3-4,9-10H2,1-2H3,(H,20,24). The molecule has 6 nitrogen and oxygen atoms in total. The van der Waals surface area contributed by atoms with Crippen molar-refractivity contribution < 1.29 is 9.53 Å². The maximum atomic E-state index is 12.5. The number of hydrogen-bond donors (Lipinski definition) is 1. The van der Waals surface area contributed by atoms with Gasteiger partial charge in [-0.1, -0.05) is 29.8 Å². The van der Waals surface area contributed by atoms with E-state index in [4.69, 9.17) is 16.3 Å². The third kappa shape index (κ3) is 3.85. The molecule has 1 atom stereocenters. The van der Waals surface area contributed by atoms with Gasteiger partial charge < -0.3 is 15.0 Å². The first-order valence-corrected chi connectivity index (χ1v) is 8.80. The molecule has 2 aromatic rings. The summed E-state index contributed by atoms with van der Waals surface area (Å²) < 4.78 is 5.83. The van der Waals surface area contributed by atoms with Crippen LogP contribution in [0.4, 0.5) is 5.95 Å². The van der Waals surface area contributed by atoms with Crippen molar-refractivity contribution >= 4 is 23.5 Å². The van der Waals surface area contributed by atoms with Crippen molar-refractivity contribution in [3.63, 3.8) is 0 Å². The molecule has 25 heavy (non-hydrogen) atoms. The molecule has 132 valence electrons. The van der Waals surface area contributed by atoms with Crippen molar-refractivity contribution in [1.29, 1.82) is 0 Å². The van der Waals surface area contributed by atoms with Crippen molar-refractivity contribution in [3.05, 3.63) is 46.7 Å². The lowest BCUT2D eigenvalue weighted by atomic mass is 10.1. The van der Waals surface area contributed by atoms with Gasteiger partial charge >= 0.3 is 0 Å². The molecule has 7 heteroatoms. The Hall–Kier alpha value is -2.34. The van der Waals surface area contributed by atoms with Crippen LogP contribution in [0.1, 0.15) is 29.9 Å². The zero-order valence-electron chi connectivity index (χ0n) is 14.3. The minimum Gasteiger partial charge on any atom is -0.488 e. The number of fused-ring (bicyclic) bond motifs is 1. The van der Waals surface area contributed by atoms with Crippen LogP contribution in [-0.2, 0) is 6.42 Å². The zero-order valence-corrected chi connectivity index (χ0v) is 15.1. The van der Waals surface area contributed by atoms with Crippen LogP contribution in [0.25, 0.3) is 0 Å². The van der Waals surface area contributed by atoms with Crippen molar-refractivity contribution in [1.82, 2.24) is 15.3 Å². The summed E-state index contributed by atoms with van der Waals surface area (Å²) in [6.45, 7) is 5.93. The van der Waals surface area contributed by atoms with Gasteiger partial charge in [0.15, 0.2) is 5.69 Å². The largest absolute Gasteiger partial charge is 0.488 e. The number of amides is 1. The molecule has 0 spiro atoms. The van der Waals surface area contributed by atoms with Gasteiger partial charge in [0.05, 0.1) is 17.8 Å². The predicted octanol–water partition coefficient (Wildman–Crippen LogP) is 2.71. The molecule has 0 saturated carbocycles. The molecule has 1 unspecified atom stereocenters. The molecule has 0 saturated heterocycles. The minimum absolute atomic E-state index is 0.0794. The van der Waals surface area contributed by atoms with Gasteiger partial charge in [-0.25, -0.2) is 9.97 Å². The monoisotopic (exact) mass is 360 g/mol. The van der Waals surface area contributed by atoms with Gasteiger partial charge in [0.1, 0.15) is 11.9 Å². The number of para-hydroxylation sites is 1. The number of benzene rings is 1. The first kappa shape index (κ1) is 17.5. The number of anilines is 1. The van der Waals surface area contributed by atoms with Crippen LogP contribution in [0.3, 0.4) is 0 Å². The highest BCUT2D eigenvalue weighted by atomic mass is 35.5. The maximum Gasteiger partial charge on any atom is 0.271 e. The number of ether oxygens (including phenoxy) is 1. The average Bonchev–Trinajstić information content (AvgIpc) is 3.05. The van der Waals surface area contributed by atoms with Crippen LogP contribution in [0, 0.1) is 0 Å². The summed E-state index contributed by atoms with van der Waals surface area (Å²) in [7, 11) is 0. The zero-order chi connectivity index (χ0) is 17.8. The maximum absolute atomic E-state index is 12.5. The second kappa shape index (κ2) is 7.70. The molecule has 0 fully saturated rings. The van der Waals surface area contributed by atoms with Gasteiger partial charge in [0, 0.05) is 19.5 Å². The Morgan fingerprint density at radius 3 is 2.84 bits per heavy atom. The quantitative estimate of drug-likeness (QED) is 0.857. The van der Waals surface area contributed by atoms with Crippen LogP contribution in [-0.4, -0.2) is 41.6 Å². The Bertz CT molecular complexity index is 739. The van der Waals surface area contributed by atoms with Crippen LogP contribution < -0.4 is 15.0 Å². The molecule has 0 radical (unpaired) electrons. The van der Waals surface area contributed by atoms with Crippen molar-refractivity contribution in [2.24, 2.45) is 0 Å². The average molecular weight is 361 g/mol. The Labute approximate surface area is 152 Å². The summed E-state index contributed by atoms with van der Waals surface area (Å²) in [5.41, 5.74) is 1.35. The van der Waals surface area contributed by atoms with Gasteiger partial charge in [-0.05, 0) is 25.5 Å². The fraction of sp³-hybridized carbons (Fsp3) is 0.389. The van der Waals surface area contributed by atoms with E-state index < -0.39 is 0 Å². The summed E-state index contributed by atoms with van der Waals surface area (Å²) in [5.74, 6) is 1.06. The van der Waals surface area contributed by atoms with Gasteiger partial charge in [-0.3, -0.25) is 4.79 Å². The van der Waals surface area contributed by atoms with E-state index in [2.05, 4.69) is 15.3 Å². The molecule has 0 bridgehead atoms. The van der Waals surface area contributed by atoms with E-state index in [1.165, 1.54) is 6.20 Å². The number of halogens is 1. The number of aromatic nitrogens is 2. The second-order valence-corrected chi connectivity index (χ2v) is 6.21. The first-order valence-electron chi connectivity index (χ1n) is 8.42. The molecule has 1 aliphatic rings. The predicted molar refractivity (Wildman–Crippen MR) is 97.5 cm³/mol. The number of rotatable bonds is 6. The van der Waals surface area contributed by atoms with Gasteiger partial charge in [-0.2, -0.15) is 0 Å². The Kier molecular flexibility index (Phi) is 5.38. The summed E-state index contributed by atoms with van der Waals surface area (Å²) in [5, 5.41) is 3.10. The highest BCUT2D eigenvalue weighted by molar-refractivity contribution is 6.33. The molecule has 1 aliphatic heterocycles. The number of carbonyl (C=O) groups excluding carboxylic acids is 1. The van der Waals surface area contributed by atoms with Gasteiger partial charge in [-0.15, -0.1) is 0 Å². The van der Waals surface area contributed by atoms with E-state index in [0.29, 0.717) is 12.5 Å². The Morgan fingerprint density at radius 2 is 2.12 bits per heavy atom. The fourth-order valence-electron chi connectivity index (χ4n) is 2.83. The van der Waals surface area contributed by atoms with E-state index in [1.807, 2.05) is 43.0 Å². The van der Waals surface area contributed by atoms with Crippen LogP contribution in [0.15, 0.2) is 30.5 Å². The molecule has 1 aromatic heterocycles. The highest BCUT2D eigenvalue weighted by Gasteiger charge is 2.24. The molecule has 0 aliphatic carbocycles. The number of carbonyl (C=O) groups is 1. The van der Waals surface area contributed by atoms with Crippen LogP contribution >= 0.6 is 11.6 Å². The van der Waals surface area contributed by atoms with E-state index >= 15 is 0 Å². The molecule has 1 aromatic carbocycles. The topological polar surface area (TPSA) is 67.4 Å². The van der Waals surface area contributed by atoms with Gasteiger partial charge in [0.2, 0.25) is 5.95 Å². The van der Waals surface area contributed by atoms with E-state index in [1.54, 1.807) is 0 Å². The summed E-state index contributed by atoms with van der Waals surface area (Å²) in [6, 6.07) is 7.90. The number of nitrogens with one attached hydrogen (secondary N) is 1. The number of hydrogen-bond acceptors (Lipinski definition) is 5. The molecular weight excluding hydrogens is 340 g/mol. The van der Waals surface area contributed by atoms with Gasteiger partial charge in [0.25, 0.3) is 5.91 Å². The smallest absolute Gasteiger partial charge is 0.271 e. The van der Waals surface area contributed by atoms with E-state index in [0.717, 1.165) is 30.8 Å². The molecule has 1 N–H and O–H groups in total. The second-order valence-electron chi connectivity index (χ2n) is 5.80. The Balaban J connectivity index is 1.65. The molecular formula is C18H21ClN4O2. The van der Waals surface area contributed by atoms with E-state index in [9.17, 15) is 4.79 Å². The SMILES string of the molecule is CCN(CC)c1ncc(Cl)c(C(=O)NCC2Cc3ccccc3O2)n1. The third-order valence-electron chi connectivity index (χ3n) is 4.20. The number of nitrogens with zero attached hydrogens (tertiary/aromatic N) is 3. The fourth-order valence-corrected chi connectivity index (χ4v) is 3.01. The lowest BCUT2D eigenvalue weighted by Gasteiger charge is -2.19. The lowest BCUT2D eigenvalue weighted by molar-refractivity contribution is 0.0928. The van der Waals surface area contributed by atoms with Crippen molar-refractivity contribution in [2.45, 2.75) is 26.4 Å². The third-order valence-corrected chi connectivity index (χ3v) is 4.47. The summed E-state index contributed by atoms with van der Waals surface area (Å²) >= 11 is 6.11. The van der Waals surface area contributed by atoms with Crippen LogP contribution in [0.5, 0.6) is 5.75 Å². The van der Waals surface area contributed by atoms with Crippen molar-refractivity contribution in [3.8, 4) is 5.75 Å². The first-order chi connectivity index (χ1) is 12.1. The highest BCUT2D eigenvalue weighted by Crippen LogP contribution is 2.27. The normalized spacial score (nSPS) is 15.4. The molecule has 1 amide bonds. The molecule has 3 rings (SSSR count). The Morgan fingerprint density at radius 1 is 1.36 bits per heavy atom. The van der Waals surface area contributed by atoms with E-state index in [-0.39, 0.29) is 22.7 Å².